The molecular formula is C17H33NO. The van der Waals surface area contributed by atoms with Gasteiger partial charge in [-0.1, -0.05) is 76.9 Å². The standard InChI is InChI=1S/C17H31N.H2O/c1-2-3-4-5-6-7-8-9-10-12-15-18-16-13-11-14-17-18;/h11,13-14,16H,2-10,12,15,17H2,1H3;1H2. The Balaban J connectivity index is 0.00000324. The molecule has 2 nitrogen and oxygen atoms in total. The summed E-state index contributed by atoms with van der Waals surface area (Å²) in [5.74, 6) is 0. The van der Waals surface area contributed by atoms with Crippen molar-refractivity contribution in [3.05, 3.63) is 24.4 Å². The molecule has 19 heavy (non-hydrogen) atoms. The van der Waals surface area contributed by atoms with Gasteiger partial charge in [0, 0.05) is 13.1 Å². The molecule has 0 aromatic heterocycles. The van der Waals surface area contributed by atoms with Crippen LogP contribution in [-0.4, -0.2) is 23.5 Å². The Labute approximate surface area is 119 Å². The van der Waals surface area contributed by atoms with Crippen LogP contribution in [0, 0.1) is 0 Å². The van der Waals surface area contributed by atoms with Crippen molar-refractivity contribution >= 4 is 0 Å². The zero-order valence-corrected chi connectivity index (χ0v) is 12.7. The first kappa shape index (κ1) is 18.2. The van der Waals surface area contributed by atoms with Crippen molar-refractivity contribution in [2.24, 2.45) is 0 Å². The van der Waals surface area contributed by atoms with Crippen molar-refractivity contribution in [3.63, 3.8) is 0 Å². The Kier molecular flexibility index (Phi) is 13.1. The topological polar surface area (TPSA) is 34.7 Å². The third kappa shape index (κ3) is 10.8. The molecule has 0 saturated carbocycles. The van der Waals surface area contributed by atoms with Gasteiger partial charge in [0.25, 0.3) is 0 Å². The van der Waals surface area contributed by atoms with Gasteiger partial charge in [-0.15, -0.1) is 0 Å². The van der Waals surface area contributed by atoms with Gasteiger partial charge in [-0.3, -0.25) is 0 Å². The Morgan fingerprint density at radius 3 is 1.89 bits per heavy atom. The molecule has 0 aliphatic carbocycles. The fourth-order valence-corrected chi connectivity index (χ4v) is 2.48. The molecule has 0 radical (unpaired) electrons. The van der Waals surface area contributed by atoms with Crippen LogP contribution in [0.3, 0.4) is 0 Å². The van der Waals surface area contributed by atoms with E-state index >= 15 is 0 Å². The van der Waals surface area contributed by atoms with E-state index in [4.69, 9.17) is 0 Å². The maximum atomic E-state index is 2.41. The van der Waals surface area contributed by atoms with Crippen molar-refractivity contribution < 1.29 is 5.48 Å². The van der Waals surface area contributed by atoms with E-state index in [1.54, 1.807) is 0 Å². The number of hydrogen-bond donors (Lipinski definition) is 0. The molecule has 0 spiro atoms. The van der Waals surface area contributed by atoms with Crippen LogP contribution in [0.15, 0.2) is 24.4 Å². The molecule has 1 aliphatic heterocycles. The van der Waals surface area contributed by atoms with Gasteiger partial charge in [0.1, 0.15) is 0 Å². The maximum Gasteiger partial charge on any atom is 0.0357 e. The van der Waals surface area contributed by atoms with Gasteiger partial charge in [-0.25, -0.2) is 0 Å². The van der Waals surface area contributed by atoms with Crippen molar-refractivity contribution in [1.82, 2.24) is 4.90 Å². The second kappa shape index (κ2) is 13.7. The summed E-state index contributed by atoms with van der Waals surface area (Å²) in [6.45, 7) is 4.62. The van der Waals surface area contributed by atoms with Crippen LogP contribution >= 0.6 is 0 Å². The minimum atomic E-state index is 0. The normalized spacial score (nSPS) is 13.6. The van der Waals surface area contributed by atoms with Crippen LogP contribution in [0.1, 0.15) is 71.1 Å². The summed E-state index contributed by atoms with van der Waals surface area (Å²) in [4.78, 5) is 2.41. The molecule has 112 valence electrons. The van der Waals surface area contributed by atoms with Gasteiger partial charge in [0.15, 0.2) is 0 Å². The molecule has 0 unspecified atom stereocenters. The molecule has 0 bridgehead atoms. The summed E-state index contributed by atoms with van der Waals surface area (Å²) in [5, 5.41) is 0. The Bertz CT molecular complexity index is 235. The SMILES string of the molecule is CCCCCCCCCCCCN1C=CC=CC1.O. The van der Waals surface area contributed by atoms with Crippen molar-refractivity contribution in [3.8, 4) is 0 Å². The first-order valence-corrected chi connectivity index (χ1v) is 8.01. The van der Waals surface area contributed by atoms with Crippen LogP contribution in [0.5, 0.6) is 0 Å². The average Bonchev–Trinajstić information content (AvgIpc) is 2.42. The second-order valence-electron chi connectivity index (χ2n) is 5.45. The molecule has 0 amide bonds. The zero-order valence-electron chi connectivity index (χ0n) is 12.7. The predicted molar refractivity (Wildman–Crippen MR) is 85.3 cm³/mol. The lowest BCUT2D eigenvalue weighted by molar-refractivity contribution is 0.392. The fourth-order valence-electron chi connectivity index (χ4n) is 2.48. The summed E-state index contributed by atoms with van der Waals surface area (Å²) in [6.07, 6.45) is 23.0. The molecule has 1 heterocycles. The van der Waals surface area contributed by atoms with E-state index in [9.17, 15) is 0 Å². The third-order valence-electron chi connectivity index (χ3n) is 3.68. The van der Waals surface area contributed by atoms with E-state index in [-0.39, 0.29) is 5.48 Å². The molecule has 1 aliphatic rings. The van der Waals surface area contributed by atoms with Crippen molar-refractivity contribution in [2.75, 3.05) is 13.1 Å². The highest BCUT2D eigenvalue weighted by molar-refractivity contribution is 5.08. The molecule has 0 fully saturated rings. The van der Waals surface area contributed by atoms with Crippen LogP contribution in [0.4, 0.5) is 0 Å². The predicted octanol–water partition coefficient (Wildman–Crippen LogP) is 4.47. The van der Waals surface area contributed by atoms with E-state index in [0.717, 1.165) is 6.54 Å². The number of unbranched alkanes of at least 4 members (excludes halogenated alkanes) is 9. The van der Waals surface area contributed by atoms with Crippen LogP contribution in [0.25, 0.3) is 0 Å². The minimum Gasteiger partial charge on any atom is -0.412 e. The zero-order chi connectivity index (χ0) is 12.9. The van der Waals surface area contributed by atoms with Gasteiger partial charge in [-0.05, 0) is 18.7 Å². The average molecular weight is 267 g/mol. The summed E-state index contributed by atoms with van der Waals surface area (Å²) in [6, 6.07) is 0. The first-order valence-electron chi connectivity index (χ1n) is 8.01. The molecule has 0 aromatic rings. The van der Waals surface area contributed by atoms with Gasteiger partial charge < -0.3 is 10.4 Å². The van der Waals surface area contributed by atoms with Crippen LogP contribution < -0.4 is 0 Å². The highest BCUT2D eigenvalue weighted by Gasteiger charge is 1.98. The molecule has 2 N–H and O–H groups in total. The summed E-state index contributed by atoms with van der Waals surface area (Å²) < 4.78 is 0. The second-order valence-corrected chi connectivity index (χ2v) is 5.45. The largest absolute Gasteiger partial charge is 0.412 e. The number of allylic oxidation sites excluding steroid dienone is 2. The minimum absolute atomic E-state index is 0. The summed E-state index contributed by atoms with van der Waals surface area (Å²) in [5.41, 5.74) is 0. The fraction of sp³-hybridized carbons (Fsp3) is 0.765. The summed E-state index contributed by atoms with van der Waals surface area (Å²) in [7, 11) is 0. The van der Waals surface area contributed by atoms with E-state index in [1.165, 1.54) is 70.8 Å². The van der Waals surface area contributed by atoms with Gasteiger partial charge in [0.05, 0.1) is 0 Å². The Morgan fingerprint density at radius 1 is 0.789 bits per heavy atom. The van der Waals surface area contributed by atoms with Gasteiger partial charge in [0.2, 0.25) is 0 Å². The number of hydrogen-bond acceptors (Lipinski definition) is 1. The van der Waals surface area contributed by atoms with E-state index in [0.29, 0.717) is 0 Å². The quantitative estimate of drug-likeness (QED) is 0.509. The van der Waals surface area contributed by atoms with Gasteiger partial charge >= 0.3 is 0 Å². The molecule has 1 rings (SSSR count). The smallest absolute Gasteiger partial charge is 0.0357 e. The molecule has 0 aromatic carbocycles. The Morgan fingerprint density at radius 2 is 1.37 bits per heavy atom. The summed E-state index contributed by atoms with van der Waals surface area (Å²) >= 11 is 0. The molecule has 0 saturated heterocycles. The van der Waals surface area contributed by atoms with Crippen molar-refractivity contribution in [2.45, 2.75) is 71.1 Å². The Hall–Kier alpha value is -0.760. The molecule has 2 heteroatoms. The van der Waals surface area contributed by atoms with Gasteiger partial charge in [-0.2, -0.15) is 0 Å². The molecular weight excluding hydrogens is 234 g/mol. The van der Waals surface area contributed by atoms with Crippen LogP contribution in [-0.2, 0) is 0 Å². The number of rotatable bonds is 11. The third-order valence-corrected chi connectivity index (χ3v) is 3.68. The van der Waals surface area contributed by atoms with Crippen molar-refractivity contribution in [1.29, 1.82) is 0 Å². The van der Waals surface area contributed by atoms with E-state index in [1.807, 2.05) is 0 Å². The highest BCUT2D eigenvalue weighted by atomic mass is 16.0. The maximum absolute atomic E-state index is 2.41. The number of nitrogens with zero attached hydrogens (tertiary/aromatic N) is 1. The lowest BCUT2D eigenvalue weighted by Crippen LogP contribution is -2.19. The van der Waals surface area contributed by atoms with E-state index in [2.05, 4.69) is 36.3 Å². The first-order chi connectivity index (χ1) is 8.93. The van der Waals surface area contributed by atoms with Crippen LogP contribution in [0.2, 0.25) is 0 Å². The lowest BCUT2D eigenvalue weighted by atomic mass is 10.1. The molecule has 0 atom stereocenters. The van der Waals surface area contributed by atoms with E-state index < -0.39 is 0 Å². The highest BCUT2D eigenvalue weighted by Crippen LogP contribution is 2.11. The monoisotopic (exact) mass is 267 g/mol. The lowest BCUT2D eigenvalue weighted by Gasteiger charge is -2.20.